The molecular weight excluding hydrogens is 465 g/mol. The Hall–Kier alpha value is 0.160. The zero-order valence-electron chi connectivity index (χ0n) is 9.64. The van der Waals surface area contributed by atoms with Crippen molar-refractivity contribution in [2.75, 3.05) is 0 Å². The summed E-state index contributed by atoms with van der Waals surface area (Å²) in [7, 11) is 0. The molecule has 1 unspecified atom stereocenters. The topological polar surface area (TPSA) is 0 Å². The predicted octanol–water partition coefficient (Wildman–Crippen LogP) is 6.37. The molecule has 1 atom stereocenters. The molecule has 0 bridgehead atoms. The Morgan fingerprint density at radius 2 is 2.00 bits per heavy atom. The van der Waals surface area contributed by atoms with Gasteiger partial charge in [-0.25, -0.2) is 4.39 Å². The van der Waals surface area contributed by atoms with E-state index in [4.69, 9.17) is 23.2 Å². The van der Waals surface area contributed by atoms with E-state index in [1.165, 1.54) is 6.07 Å². The Morgan fingerprint density at radius 3 is 2.68 bits per heavy atom. The average molecular weight is 474 g/mol. The molecule has 0 saturated carbocycles. The lowest BCUT2D eigenvalue weighted by atomic mass is 10.0. The van der Waals surface area contributed by atoms with Crippen LogP contribution in [0, 0.1) is 9.39 Å². The highest BCUT2D eigenvalue weighted by Crippen LogP contribution is 2.34. The van der Waals surface area contributed by atoms with E-state index >= 15 is 0 Å². The van der Waals surface area contributed by atoms with E-state index < -0.39 is 0 Å². The molecule has 0 nitrogen and oxygen atoms in total. The molecule has 0 spiro atoms. The highest BCUT2D eigenvalue weighted by Gasteiger charge is 2.17. The Morgan fingerprint density at radius 1 is 1.26 bits per heavy atom. The van der Waals surface area contributed by atoms with Gasteiger partial charge in [-0.05, 0) is 64.9 Å². The van der Waals surface area contributed by atoms with Gasteiger partial charge in [0.15, 0.2) is 0 Å². The molecule has 0 saturated heterocycles. The number of alkyl halides is 1. The van der Waals surface area contributed by atoms with Crippen LogP contribution in [0.5, 0.6) is 0 Å². The van der Waals surface area contributed by atoms with Crippen LogP contribution in [0.1, 0.15) is 16.5 Å². The largest absolute Gasteiger partial charge is 0.207 e. The van der Waals surface area contributed by atoms with E-state index in [0.29, 0.717) is 17.0 Å². The van der Waals surface area contributed by atoms with Gasteiger partial charge in [-0.1, -0.05) is 33.6 Å². The van der Waals surface area contributed by atoms with Crippen molar-refractivity contribution in [1.29, 1.82) is 0 Å². The van der Waals surface area contributed by atoms with Crippen molar-refractivity contribution in [2.45, 2.75) is 11.8 Å². The number of benzene rings is 2. The normalized spacial score (nSPS) is 12.5. The second-order valence-corrected chi connectivity index (χ2v) is 7.07. The lowest BCUT2D eigenvalue weighted by Gasteiger charge is -2.14. The van der Waals surface area contributed by atoms with Gasteiger partial charge in [0.2, 0.25) is 0 Å². The maximum Gasteiger partial charge on any atom is 0.127 e. The van der Waals surface area contributed by atoms with Gasteiger partial charge in [0.05, 0.1) is 5.38 Å². The van der Waals surface area contributed by atoms with Crippen LogP contribution >= 0.6 is 61.7 Å². The summed E-state index contributed by atoms with van der Waals surface area (Å²) in [5.74, 6) is -0.320. The SMILES string of the molecule is Fc1cccc(Cl)c1CC(Cl)c1cc(I)ccc1Br. The minimum atomic E-state index is -0.335. The quantitative estimate of drug-likeness (QED) is 0.359. The Labute approximate surface area is 143 Å². The van der Waals surface area contributed by atoms with E-state index in [2.05, 4.69) is 38.5 Å². The van der Waals surface area contributed by atoms with Crippen molar-refractivity contribution < 1.29 is 4.39 Å². The van der Waals surface area contributed by atoms with Crippen LogP contribution in [0.3, 0.4) is 0 Å². The fourth-order valence-electron chi connectivity index (χ4n) is 1.77. The van der Waals surface area contributed by atoms with Crippen LogP contribution in [0.15, 0.2) is 40.9 Å². The number of hydrogen-bond acceptors (Lipinski definition) is 0. The second-order valence-electron chi connectivity index (χ2n) is 4.04. The first-order chi connectivity index (χ1) is 8.99. The summed E-state index contributed by atoms with van der Waals surface area (Å²) in [6, 6.07) is 10.6. The van der Waals surface area contributed by atoms with Crippen molar-refractivity contribution in [1.82, 2.24) is 0 Å². The molecule has 0 fully saturated rings. The van der Waals surface area contributed by atoms with Crippen molar-refractivity contribution in [3.05, 3.63) is 66.4 Å². The molecule has 2 aromatic carbocycles. The van der Waals surface area contributed by atoms with Gasteiger partial charge >= 0.3 is 0 Å². The Balaban J connectivity index is 2.31. The van der Waals surface area contributed by atoms with Gasteiger partial charge in [-0.3, -0.25) is 0 Å². The van der Waals surface area contributed by atoms with Gasteiger partial charge < -0.3 is 0 Å². The first-order valence-corrected chi connectivity index (χ1v) is 8.19. The average Bonchev–Trinajstić information content (AvgIpc) is 2.37. The van der Waals surface area contributed by atoms with Crippen LogP contribution in [-0.2, 0) is 6.42 Å². The van der Waals surface area contributed by atoms with E-state index in [1.807, 2.05) is 18.2 Å². The Bertz CT molecular complexity index is 584. The second kappa shape index (κ2) is 6.74. The van der Waals surface area contributed by atoms with Crippen LogP contribution < -0.4 is 0 Å². The van der Waals surface area contributed by atoms with Crippen molar-refractivity contribution in [2.24, 2.45) is 0 Å². The lowest BCUT2D eigenvalue weighted by molar-refractivity contribution is 0.607. The third-order valence-electron chi connectivity index (χ3n) is 2.74. The van der Waals surface area contributed by atoms with Crippen LogP contribution in [-0.4, -0.2) is 0 Å². The van der Waals surface area contributed by atoms with Gasteiger partial charge in [0.25, 0.3) is 0 Å². The molecule has 0 heterocycles. The van der Waals surface area contributed by atoms with Gasteiger partial charge in [0.1, 0.15) is 5.82 Å². The standard InChI is InChI=1S/C14H9BrCl2FI/c15-11-5-4-8(19)6-9(11)13(17)7-10-12(16)2-1-3-14(10)18/h1-6,13H,7H2. The fraction of sp³-hybridized carbons (Fsp3) is 0.143. The first-order valence-electron chi connectivity index (χ1n) is 5.51. The molecule has 0 N–H and O–H groups in total. The van der Waals surface area contributed by atoms with Crippen LogP contribution in [0.2, 0.25) is 5.02 Å². The van der Waals surface area contributed by atoms with E-state index in [-0.39, 0.29) is 11.2 Å². The van der Waals surface area contributed by atoms with Crippen molar-refractivity contribution in [3.63, 3.8) is 0 Å². The van der Waals surface area contributed by atoms with Crippen LogP contribution in [0.4, 0.5) is 4.39 Å². The highest BCUT2D eigenvalue weighted by atomic mass is 127. The maximum absolute atomic E-state index is 13.8. The van der Waals surface area contributed by atoms with Crippen LogP contribution in [0.25, 0.3) is 0 Å². The molecule has 0 aliphatic heterocycles. The fourth-order valence-corrected chi connectivity index (χ4v) is 3.52. The third-order valence-corrected chi connectivity index (χ3v) is 4.88. The predicted molar refractivity (Wildman–Crippen MR) is 90.6 cm³/mol. The summed E-state index contributed by atoms with van der Waals surface area (Å²) in [5.41, 5.74) is 1.39. The van der Waals surface area contributed by atoms with Gasteiger partial charge in [-0.15, -0.1) is 11.6 Å². The molecule has 100 valence electrons. The summed E-state index contributed by atoms with van der Waals surface area (Å²) < 4.78 is 15.8. The third kappa shape index (κ3) is 3.84. The lowest BCUT2D eigenvalue weighted by Crippen LogP contribution is -2.01. The molecule has 2 aromatic rings. The molecule has 5 heteroatoms. The highest BCUT2D eigenvalue weighted by molar-refractivity contribution is 14.1. The summed E-state index contributed by atoms with van der Waals surface area (Å²) in [4.78, 5) is 0. The molecule has 0 radical (unpaired) electrons. The Kier molecular flexibility index (Phi) is 5.52. The van der Waals surface area contributed by atoms with Crippen molar-refractivity contribution >= 4 is 61.7 Å². The minimum absolute atomic E-state index is 0.320. The minimum Gasteiger partial charge on any atom is -0.207 e. The van der Waals surface area contributed by atoms with Gasteiger partial charge in [-0.2, -0.15) is 0 Å². The maximum atomic E-state index is 13.8. The smallest absolute Gasteiger partial charge is 0.127 e. The summed E-state index contributed by atoms with van der Waals surface area (Å²) in [6.45, 7) is 0. The van der Waals surface area contributed by atoms with Crippen molar-refractivity contribution in [3.8, 4) is 0 Å². The zero-order valence-corrected chi connectivity index (χ0v) is 14.9. The molecule has 2 rings (SSSR count). The molecule has 0 aliphatic carbocycles. The van der Waals surface area contributed by atoms with E-state index in [9.17, 15) is 4.39 Å². The monoisotopic (exact) mass is 472 g/mol. The molecular formula is C14H9BrCl2FI. The number of rotatable bonds is 3. The molecule has 19 heavy (non-hydrogen) atoms. The summed E-state index contributed by atoms with van der Waals surface area (Å²) in [6.07, 6.45) is 0.353. The van der Waals surface area contributed by atoms with Gasteiger partial charge in [0, 0.05) is 18.6 Å². The van der Waals surface area contributed by atoms with E-state index in [1.54, 1.807) is 12.1 Å². The summed E-state index contributed by atoms with van der Waals surface area (Å²) >= 11 is 18.1. The zero-order chi connectivity index (χ0) is 14.0. The molecule has 0 aliphatic rings. The van der Waals surface area contributed by atoms with E-state index in [0.717, 1.165) is 13.6 Å². The number of halogens is 5. The number of hydrogen-bond donors (Lipinski definition) is 0. The summed E-state index contributed by atoms with van der Waals surface area (Å²) in [5, 5.41) is 0.0749. The molecule has 0 aromatic heterocycles. The first kappa shape index (κ1) is 15.5. The molecule has 0 amide bonds.